The van der Waals surface area contributed by atoms with E-state index >= 15 is 0 Å². The van der Waals surface area contributed by atoms with E-state index in [1.807, 2.05) is 30.3 Å². The third kappa shape index (κ3) is 3.79. The molecule has 0 atom stereocenters. The van der Waals surface area contributed by atoms with Crippen molar-refractivity contribution in [2.24, 2.45) is 4.99 Å². The minimum absolute atomic E-state index is 0.582. The fourth-order valence-corrected chi connectivity index (χ4v) is 2.42. The molecule has 4 heteroatoms. The van der Waals surface area contributed by atoms with Gasteiger partial charge in [0.2, 0.25) is 0 Å². The van der Waals surface area contributed by atoms with Crippen LogP contribution in [0.25, 0.3) is 0 Å². The number of hydrogen-bond acceptors (Lipinski definition) is 4. The predicted octanol–water partition coefficient (Wildman–Crippen LogP) is 2.66. The Hall–Kier alpha value is -2.49. The highest BCUT2D eigenvalue weighted by molar-refractivity contribution is 5.81. The number of rotatable bonds is 5. The van der Waals surface area contributed by atoms with Crippen molar-refractivity contribution in [2.45, 2.75) is 13.2 Å². The standard InChI is InChI=1S/C18H21N3O/c1-21-11-10-19-18(21)20-13-15-6-5-7-16(12-15)14-22-17-8-3-2-4-9-17/h2-9,12H,10-11,13-14H2,1H3,(H,19,20). The van der Waals surface area contributed by atoms with Gasteiger partial charge in [0.15, 0.2) is 5.96 Å². The molecule has 22 heavy (non-hydrogen) atoms. The maximum absolute atomic E-state index is 5.79. The van der Waals surface area contributed by atoms with Gasteiger partial charge in [0.25, 0.3) is 0 Å². The van der Waals surface area contributed by atoms with Gasteiger partial charge in [0.05, 0.1) is 6.54 Å². The van der Waals surface area contributed by atoms with E-state index in [0.29, 0.717) is 6.61 Å². The average molecular weight is 295 g/mol. The second-order valence-electron chi connectivity index (χ2n) is 5.40. The maximum atomic E-state index is 5.79. The van der Waals surface area contributed by atoms with Gasteiger partial charge in [-0.2, -0.15) is 0 Å². The van der Waals surface area contributed by atoms with E-state index in [0.717, 1.165) is 31.3 Å². The van der Waals surface area contributed by atoms with E-state index in [1.165, 1.54) is 11.1 Å². The quantitative estimate of drug-likeness (QED) is 0.921. The lowest BCUT2D eigenvalue weighted by atomic mass is 10.1. The smallest absolute Gasteiger partial charge is 0.194 e. The Kier molecular flexibility index (Phi) is 4.59. The Morgan fingerprint density at radius 1 is 1.09 bits per heavy atom. The summed E-state index contributed by atoms with van der Waals surface area (Å²) >= 11 is 0. The van der Waals surface area contributed by atoms with Crippen LogP contribution in [0, 0.1) is 0 Å². The molecule has 0 fully saturated rings. The lowest BCUT2D eigenvalue weighted by Crippen LogP contribution is -2.35. The van der Waals surface area contributed by atoms with Gasteiger partial charge in [0, 0.05) is 20.1 Å². The number of aliphatic imine (C=N–C) groups is 1. The van der Waals surface area contributed by atoms with Crippen LogP contribution in [0.2, 0.25) is 0 Å². The van der Waals surface area contributed by atoms with E-state index in [1.54, 1.807) is 0 Å². The van der Waals surface area contributed by atoms with Crippen LogP contribution < -0.4 is 10.1 Å². The molecule has 114 valence electrons. The highest BCUT2D eigenvalue weighted by Gasteiger charge is 2.11. The summed E-state index contributed by atoms with van der Waals surface area (Å²) in [7, 11) is 2.06. The average Bonchev–Trinajstić information content (AvgIpc) is 2.98. The molecule has 0 bridgehead atoms. The Balaban J connectivity index is 1.55. The molecule has 0 saturated carbocycles. The molecule has 1 heterocycles. The summed E-state index contributed by atoms with van der Waals surface area (Å²) in [6.07, 6.45) is 0. The summed E-state index contributed by atoms with van der Waals surface area (Å²) in [5, 5.41) is 3.38. The van der Waals surface area contributed by atoms with Crippen molar-refractivity contribution in [1.82, 2.24) is 10.2 Å². The summed E-state index contributed by atoms with van der Waals surface area (Å²) < 4.78 is 5.79. The second kappa shape index (κ2) is 6.98. The zero-order valence-corrected chi connectivity index (χ0v) is 12.8. The first-order chi connectivity index (χ1) is 10.8. The van der Waals surface area contributed by atoms with Crippen LogP contribution in [-0.4, -0.2) is 31.0 Å². The highest BCUT2D eigenvalue weighted by atomic mass is 16.5. The molecular weight excluding hydrogens is 274 g/mol. The summed E-state index contributed by atoms with van der Waals surface area (Å²) in [5.74, 6) is 1.87. The van der Waals surface area contributed by atoms with Crippen molar-refractivity contribution in [3.05, 3.63) is 65.7 Å². The van der Waals surface area contributed by atoms with Crippen LogP contribution >= 0.6 is 0 Å². The van der Waals surface area contributed by atoms with Gasteiger partial charge in [-0.25, -0.2) is 0 Å². The SMILES string of the molecule is CN1CCN=C1NCc1cccc(COc2ccccc2)c1. The fourth-order valence-electron chi connectivity index (χ4n) is 2.42. The zero-order chi connectivity index (χ0) is 15.2. The molecule has 1 aliphatic rings. The van der Waals surface area contributed by atoms with Crippen molar-refractivity contribution < 1.29 is 4.74 Å². The summed E-state index contributed by atoms with van der Waals surface area (Å²) in [6, 6.07) is 18.3. The van der Waals surface area contributed by atoms with Gasteiger partial charge >= 0.3 is 0 Å². The minimum atomic E-state index is 0.582. The summed E-state index contributed by atoms with van der Waals surface area (Å²) in [5.41, 5.74) is 2.40. The van der Waals surface area contributed by atoms with Crippen molar-refractivity contribution in [3.8, 4) is 5.75 Å². The maximum Gasteiger partial charge on any atom is 0.194 e. The van der Waals surface area contributed by atoms with Crippen LogP contribution in [0.15, 0.2) is 59.6 Å². The number of benzene rings is 2. The first-order valence-electron chi connectivity index (χ1n) is 7.56. The molecule has 0 saturated heterocycles. The molecule has 2 aromatic rings. The van der Waals surface area contributed by atoms with E-state index in [2.05, 4.69) is 46.5 Å². The largest absolute Gasteiger partial charge is 0.489 e. The van der Waals surface area contributed by atoms with Gasteiger partial charge < -0.3 is 15.0 Å². The monoisotopic (exact) mass is 295 g/mol. The van der Waals surface area contributed by atoms with E-state index in [-0.39, 0.29) is 0 Å². The van der Waals surface area contributed by atoms with E-state index in [4.69, 9.17) is 4.74 Å². The van der Waals surface area contributed by atoms with Gasteiger partial charge in [-0.05, 0) is 23.3 Å². The second-order valence-corrected chi connectivity index (χ2v) is 5.40. The molecule has 4 nitrogen and oxygen atoms in total. The van der Waals surface area contributed by atoms with E-state index < -0.39 is 0 Å². The van der Waals surface area contributed by atoms with Crippen molar-refractivity contribution in [2.75, 3.05) is 20.1 Å². The minimum Gasteiger partial charge on any atom is -0.489 e. The van der Waals surface area contributed by atoms with Gasteiger partial charge in [-0.15, -0.1) is 0 Å². The van der Waals surface area contributed by atoms with E-state index in [9.17, 15) is 0 Å². The number of guanidine groups is 1. The topological polar surface area (TPSA) is 36.9 Å². The first kappa shape index (κ1) is 14.4. The summed E-state index contributed by atoms with van der Waals surface area (Å²) in [6.45, 7) is 3.23. The molecule has 1 N–H and O–H groups in total. The highest BCUT2D eigenvalue weighted by Crippen LogP contribution is 2.13. The molecule has 3 rings (SSSR count). The molecule has 0 amide bonds. The molecule has 0 aromatic heterocycles. The summed E-state index contributed by atoms with van der Waals surface area (Å²) in [4.78, 5) is 6.58. The Labute approximate surface area is 131 Å². The third-order valence-corrected chi connectivity index (χ3v) is 3.65. The number of para-hydroxylation sites is 1. The van der Waals surface area contributed by atoms with Crippen LogP contribution in [-0.2, 0) is 13.2 Å². The van der Waals surface area contributed by atoms with Crippen LogP contribution in [0.1, 0.15) is 11.1 Å². The van der Waals surface area contributed by atoms with Gasteiger partial charge in [0.1, 0.15) is 12.4 Å². The Morgan fingerprint density at radius 3 is 2.68 bits per heavy atom. The van der Waals surface area contributed by atoms with Crippen LogP contribution in [0.5, 0.6) is 5.75 Å². The lowest BCUT2D eigenvalue weighted by Gasteiger charge is -2.15. The molecule has 0 spiro atoms. The molecule has 0 radical (unpaired) electrons. The molecule has 0 unspecified atom stereocenters. The molecule has 2 aromatic carbocycles. The van der Waals surface area contributed by atoms with Crippen LogP contribution in [0.4, 0.5) is 0 Å². The van der Waals surface area contributed by atoms with Gasteiger partial charge in [-0.1, -0.05) is 42.5 Å². The van der Waals surface area contributed by atoms with Crippen LogP contribution in [0.3, 0.4) is 0 Å². The number of ether oxygens (including phenoxy) is 1. The Bertz CT molecular complexity index is 640. The third-order valence-electron chi connectivity index (χ3n) is 3.65. The molecule has 0 aliphatic carbocycles. The number of hydrogen-bond donors (Lipinski definition) is 1. The normalized spacial score (nSPS) is 13.9. The first-order valence-corrected chi connectivity index (χ1v) is 7.56. The van der Waals surface area contributed by atoms with Crippen molar-refractivity contribution in [3.63, 3.8) is 0 Å². The lowest BCUT2D eigenvalue weighted by molar-refractivity contribution is 0.306. The fraction of sp³-hybridized carbons (Fsp3) is 0.278. The predicted molar refractivity (Wildman–Crippen MR) is 89.0 cm³/mol. The number of likely N-dealkylation sites (N-methyl/N-ethyl adjacent to an activating group) is 1. The van der Waals surface area contributed by atoms with Gasteiger partial charge in [-0.3, -0.25) is 4.99 Å². The number of nitrogens with zero attached hydrogens (tertiary/aromatic N) is 2. The molecular formula is C18H21N3O. The Morgan fingerprint density at radius 2 is 1.91 bits per heavy atom. The molecule has 1 aliphatic heterocycles. The van der Waals surface area contributed by atoms with Crippen molar-refractivity contribution in [1.29, 1.82) is 0 Å². The number of nitrogens with one attached hydrogen (secondary N) is 1. The van der Waals surface area contributed by atoms with Crippen molar-refractivity contribution >= 4 is 5.96 Å². The zero-order valence-electron chi connectivity index (χ0n) is 12.8.